The second-order valence-corrected chi connectivity index (χ2v) is 4.79. The number of carbonyl (C=O) groups is 1. The first kappa shape index (κ1) is 9.93. The van der Waals surface area contributed by atoms with Gasteiger partial charge < -0.3 is 15.7 Å². The van der Waals surface area contributed by atoms with Crippen LogP contribution in [-0.4, -0.2) is 40.1 Å². The highest BCUT2D eigenvalue weighted by atomic mass is 16.3. The molecule has 2 fully saturated rings. The maximum absolute atomic E-state index is 11.7. The van der Waals surface area contributed by atoms with E-state index in [-0.39, 0.29) is 5.91 Å². The van der Waals surface area contributed by atoms with Gasteiger partial charge in [0.2, 0.25) is 5.91 Å². The minimum Gasteiger partial charge on any atom is -0.386 e. The van der Waals surface area contributed by atoms with Crippen molar-refractivity contribution in [2.24, 2.45) is 5.73 Å². The van der Waals surface area contributed by atoms with Crippen LogP contribution in [-0.2, 0) is 4.79 Å². The van der Waals surface area contributed by atoms with E-state index in [1.54, 1.807) is 4.90 Å². The summed E-state index contributed by atoms with van der Waals surface area (Å²) in [5.74, 6) is 0.0262. The van der Waals surface area contributed by atoms with Gasteiger partial charge in [-0.25, -0.2) is 0 Å². The highest BCUT2D eigenvalue weighted by Crippen LogP contribution is 2.37. The SMILES string of the molecule is CCCC1(O)CN(C(=O)C2(N)CC2)C1. The molecule has 1 aliphatic heterocycles. The Morgan fingerprint density at radius 2 is 2.07 bits per heavy atom. The van der Waals surface area contributed by atoms with E-state index in [9.17, 15) is 9.90 Å². The van der Waals surface area contributed by atoms with Crippen LogP contribution in [0.3, 0.4) is 0 Å². The summed E-state index contributed by atoms with van der Waals surface area (Å²) < 4.78 is 0. The lowest BCUT2D eigenvalue weighted by Gasteiger charge is -2.47. The Bertz CT molecular complexity index is 255. The number of aliphatic hydroxyl groups is 1. The Morgan fingerprint density at radius 1 is 1.50 bits per heavy atom. The van der Waals surface area contributed by atoms with E-state index in [1.807, 2.05) is 6.92 Å². The summed E-state index contributed by atoms with van der Waals surface area (Å²) in [6, 6.07) is 0. The summed E-state index contributed by atoms with van der Waals surface area (Å²) in [5.41, 5.74) is 4.59. The number of hydrogen-bond acceptors (Lipinski definition) is 3. The number of carbonyl (C=O) groups excluding carboxylic acids is 1. The van der Waals surface area contributed by atoms with Gasteiger partial charge in [0, 0.05) is 0 Å². The molecule has 2 rings (SSSR count). The van der Waals surface area contributed by atoms with Crippen LogP contribution in [0, 0.1) is 0 Å². The Balaban J connectivity index is 1.85. The molecular weight excluding hydrogens is 180 g/mol. The maximum Gasteiger partial charge on any atom is 0.242 e. The lowest BCUT2D eigenvalue weighted by Crippen LogP contribution is -2.66. The zero-order valence-electron chi connectivity index (χ0n) is 8.62. The van der Waals surface area contributed by atoms with Crippen molar-refractivity contribution >= 4 is 5.91 Å². The lowest BCUT2D eigenvalue weighted by molar-refractivity contribution is -0.158. The number of nitrogens with zero attached hydrogens (tertiary/aromatic N) is 1. The average Bonchev–Trinajstić information content (AvgIpc) is 2.80. The first-order valence-corrected chi connectivity index (χ1v) is 5.30. The van der Waals surface area contributed by atoms with Gasteiger partial charge in [-0.15, -0.1) is 0 Å². The quantitative estimate of drug-likeness (QED) is 0.663. The van der Waals surface area contributed by atoms with Gasteiger partial charge in [-0.2, -0.15) is 0 Å². The molecule has 0 radical (unpaired) electrons. The molecule has 0 bridgehead atoms. The predicted molar refractivity (Wildman–Crippen MR) is 52.6 cm³/mol. The van der Waals surface area contributed by atoms with E-state index in [0.29, 0.717) is 13.1 Å². The van der Waals surface area contributed by atoms with Gasteiger partial charge in [0.1, 0.15) is 0 Å². The monoisotopic (exact) mass is 198 g/mol. The van der Waals surface area contributed by atoms with Crippen molar-refractivity contribution in [3.8, 4) is 0 Å². The van der Waals surface area contributed by atoms with Crippen LogP contribution < -0.4 is 5.73 Å². The van der Waals surface area contributed by atoms with Crippen LogP contribution in [0.5, 0.6) is 0 Å². The molecule has 1 aliphatic carbocycles. The minimum atomic E-state index is -0.629. The van der Waals surface area contributed by atoms with Crippen LogP contribution in [0.15, 0.2) is 0 Å². The molecule has 0 aromatic rings. The zero-order chi connectivity index (χ0) is 10.4. The van der Waals surface area contributed by atoms with E-state index < -0.39 is 11.1 Å². The number of rotatable bonds is 3. The van der Waals surface area contributed by atoms with Crippen molar-refractivity contribution in [2.45, 2.75) is 43.7 Å². The fourth-order valence-electron chi connectivity index (χ4n) is 2.09. The van der Waals surface area contributed by atoms with Gasteiger partial charge in [-0.3, -0.25) is 4.79 Å². The number of likely N-dealkylation sites (tertiary alicyclic amines) is 1. The highest BCUT2D eigenvalue weighted by Gasteiger charge is 2.53. The Hall–Kier alpha value is -0.610. The van der Waals surface area contributed by atoms with Gasteiger partial charge in [-0.1, -0.05) is 13.3 Å². The van der Waals surface area contributed by atoms with Crippen molar-refractivity contribution in [3.63, 3.8) is 0 Å². The second-order valence-electron chi connectivity index (χ2n) is 4.79. The fourth-order valence-corrected chi connectivity index (χ4v) is 2.09. The third-order valence-corrected chi connectivity index (χ3v) is 3.19. The van der Waals surface area contributed by atoms with E-state index in [1.165, 1.54) is 0 Å². The molecule has 2 aliphatic rings. The summed E-state index contributed by atoms with van der Waals surface area (Å²) in [4.78, 5) is 13.4. The molecule has 4 heteroatoms. The second kappa shape index (κ2) is 2.94. The molecule has 1 heterocycles. The van der Waals surface area contributed by atoms with Crippen molar-refractivity contribution in [1.82, 2.24) is 4.90 Å². The van der Waals surface area contributed by atoms with Crippen LogP contribution in [0.1, 0.15) is 32.6 Å². The number of β-amino-alcohol motifs (C(OH)–C–C–N with tert-alkyl or cyclic N) is 1. The Morgan fingerprint density at radius 3 is 2.50 bits per heavy atom. The van der Waals surface area contributed by atoms with Gasteiger partial charge in [-0.05, 0) is 19.3 Å². The molecule has 3 N–H and O–H groups in total. The van der Waals surface area contributed by atoms with E-state index in [0.717, 1.165) is 25.7 Å². The van der Waals surface area contributed by atoms with E-state index >= 15 is 0 Å². The van der Waals surface area contributed by atoms with Gasteiger partial charge in [0.15, 0.2) is 0 Å². The first-order chi connectivity index (χ1) is 6.49. The molecular formula is C10H18N2O2. The molecule has 0 spiro atoms. The summed E-state index contributed by atoms with van der Waals surface area (Å²) >= 11 is 0. The van der Waals surface area contributed by atoms with Crippen LogP contribution >= 0.6 is 0 Å². The third kappa shape index (κ3) is 1.53. The summed E-state index contributed by atoms with van der Waals surface area (Å²) in [5, 5.41) is 9.88. The van der Waals surface area contributed by atoms with Crippen LogP contribution in [0.2, 0.25) is 0 Å². The minimum absolute atomic E-state index is 0.0262. The van der Waals surface area contributed by atoms with Crippen molar-refractivity contribution < 1.29 is 9.90 Å². The molecule has 1 saturated carbocycles. The van der Waals surface area contributed by atoms with Crippen molar-refractivity contribution in [2.75, 3.05) is 13.1 Å². The molecule has 14 heavy (non-hydrogen) atoms. The van der Waals surface area contributed by atoms with Gasteiger partial charge in [0.05, 0.1) is 24.2 Å². The van der Waals surface area contributed by atoms with E-state index in [2.05, 4.69) is 0 Å². The first-order valence-electron chi connectivity index (χ1n) is 5.30. The Labute approximate surface area is 84.1 Å². The largest absolute Gasteiger partial charge is 0.386 e. The number of nitrogens with two attached hydrogens (primary N) is 1. The fraction of sp³-hybridized carbons (Fsp3) is 0.900. The smallest absolute Gasteiger partial charge is 0.242 e. The lowest BCUT2D eigenvalue weighted by atomic mass is 9.88. The average molecular weight is 198 g/mol. The highest BCUT2D eigenvalue weighted by molar-refractivity contribution is 5.89. The predicted octanol–water partition coefficient (Wildman–Crippen LogP) is -0.149. The van der Waals surface area contributed by atoms with Crippen molar-refractivity contribution in [3.05, 3.63) is 0 Å². The van der Waals surface area contributed by atoms with Gasteiger partial charge >= 0.3 is 0 Å². The van der Waals surface area contributed by atoms with Crippen LogP contribution in [0.25, 0.3) is 0 Å². The molecule has 0 atom stereocenters. The Kier molecular flexibility index (Phi) is 2.08. The van der Waals surface area contributed by atoms with E-state index in [4.69, 9.17) is 5.73 Å². The van der Waals surface area contributed by atoms with Crippen molar-refractivity contribution in [1.29, 1.82) is 0 Å². The normalized spacial score (nSPS) is 26.9. The maximum atomic E-state index is 11.7. The van der Waals surface area contributed by atoms with Gasteiger partial charge in [0.25, 0.3) is 0 Å². The molecule has 4 nitrogen and oxygen atoms in total. The standard InChI is InChI=1S/C10H18N2O2/c1-2-3-9(14)6-12(7-9)8(13)10(11)4-5-10/h14H,2-7,11H2,1H3. The number of hydrogen-bond donors (Lipinski definition) is 2. The molecule has 1 saturated heterocycles. The summed E-state index contributed by atoms with van der Waals surface area (Å²) in [7, 11) is 0. The zero-order valence-corrected chi connectivity index (χ0v) is 8.62. The molecule has 0 aromatic carbocycles. The molecule has 1 amide bonds. The van der Waals surface area contributed by atoms with Crippen LogP contribution in [0.4, 0.5) is 0 Å². The topological polar surface area (TPSA) is 66.6 Å². The summed E-state index contributed by atoms with van der Waals surface area (Å²) in [6.07, 6.45) is 3.32. The number of amides is 1. The third-order valence-electron chi connectivity index (χ3n) is 3.19. The summed E-state index contributed by atoms with van der Waals surface area (Å²) in [6.45, 7) is 2.98. The molecule has 0 unspecified atom stereocenters. The molecule has 80 valence electrons. The molecule has 0 aromatic heterocycles.